The Morgan fingerprint density at radius 2 is 2.06 bits per heavy atom. The molecule has 0 saturated heterocycles. The molecule has 5 nitrogen and oxygen atoms in total. The molecule has 0 aliphatic heterocycles. The van der Waals surface area contributed by atoms with Gasteiger partial charge in [0.25, 0.3) is 5.69 Å². The van der Waals surface area contributed by atoms with Crippen molar-refractivity contribution in [3.05, 3.63) is 33.4 Å². The maximum Gasteiger partial charge on any atom is 0.423 e. The van der Waals surface area contributed by atoms with Gasteiger partial charge >= 0.3 is 6.18 Å². The molecule has 8 heteroatoms. The second-order valence-corrected chi connectivity index (χ2v) is 3.14. The zero-order valence-corrected chi connectivity index (χ0v) is 8.75. The molecule has 1 aromatic rings. The molecule has 0 unspecified atom stereocenters. The van der Waals surface area contributed by atoms with E-state index in [0.717, 1.165) is 12.1 Å². The summed E-state index contributed by atoms with van der Waals surface area (Å²) in [4.78, 5) is 9.51. The van der Waals surface area contributed by atoms with Crippen LogP contribution < -0.4 is 10.5 Å². The Labute approximate surface area is 94.1 Å². The number of alkyl halides is 3. The van der Waals surface area contributed by atoms with E-state index in [0.29, 0.717) is 0 Å². The Morgan fingerprint density at radius 3 is 2.41 bits per heavy atom. The van der Waals surface area contributed by atoms with Crippen molar-refractivity contribution in [3.63, 3.8) is 0 Å². The van der Waals surface area contributed by atoms with Gasteiger partial charge in [0.05, 0.1) is 18.1 Å². The molecule has 0 aromatic heterocycles. The van der Waals surface area contributed by atoms with Crippen LogP contribution in [-0.2, 0) is 12.7 Å². The van der Waals surface area contributed by atoms with Gasteiger partial charge in [-0.2, -0.15) is 13.2 Å². The molecule has 94 valence electrons. The lowest BCUT2D eigenvalue weighted by Crippen LogP contribution is -2.15. The van der Waals surface area contributed by atoms with Crippen LogP contribution in [0, 0.1) is 10.1 Å². The Kier molecular flexibility index (Phi) is 3.56. The molecule has 0 aliphatic carbocycles. The third-order valence-electron chi connectivity index (χ3n) is 2.11. The molecule has 2 N–H and O–H groups in total. The lowest BCUT2D eigenvalue weighted by atomic mass is 10.0. The highest BCUT2D eigenvalue weighted by Crippen LogP contribution is 2.40. The van der Waals surface area contributed by atoms with E-state index in [1.165, 1.54) is 7.11 Å². The largest absolute Gasteiger partial charge is 0.496 e. The molecular weight excluding hydrogens is 241 g/mol. The maximum atomic E-state index is 12.7. The van der Waals surface area contributed by atoms with Crippen LogP contribution in [0.5, 0.6) is 5.75 Å². The van der Waals surface area contributed by atoms with Crippen LogP contribution in [0.4, 0.5) is 18.9 Å². The second kappa shape index (κ2) is 4.58. The van der Waals surface area contributed by atoms with Crippen LogP contribution in [0.25, 0.3) is 0 Å². The number of hydrogen-bond donors (Lipinski definition) is 1. The first-order valence-electron chi connectivity index (χ1n) is 4.43. The molecule has 1 rings (SSSR count). The molecule has 0 bridgehead atoms. The van der Waals surface area contributed by atoms with E-state index in [2.05, 4.69) is 4.74 Å². The zero-order valence-electron chi connectivity index (χ0n) is 8.75. The Hall–Kier alpha value is -1.83. The van der Waals surface area contributed by atoms with Crippen LogP contribution in [0.1, 0.15) is 11.1 Å². The van der Waals surface area contributed by atoms with Crippen molar-refractivity contribution in [3.8, 4) is 5.75 Å². The first kappa shape index (κ1) is 13.2. The van der Waals surface area contributed by atoms with Crippen molar-refractivity contribution < 1.29 is 22.8 Å². The summed E-state index contributed by atoms with van der Waals surface area (Å²) in [5.41, 5.74) is 2.40. The van der Waals surface area contributed by atoms with Crippen molar-refractivity contribution in [1.29, 1.82) is 0 Å². The quantitative estimate of drug-likeness (QED) is 0.658. The number of methoxy groups -OCH3 is 1. The highest BCUT2D eigenvalue weighted by atomic mass is 19.4. The lowest BCUT2D eigenvalue weighted by molar-refractivity contribution is -0.388. The lowest BCUT2D eigenvalue weighted by Gasteiger charge is -2.13. The van der Waals surface area contributed by atoms with Crippen molar-refractivity contribution >= 4 is 5.69 Å². The number of halogens is 3. The summed E-state index contributed by atoms with van der Waals surface area (Å²) < 4.78 is 42.8. The van der Waals surface area contributed by atoms with Crippen LogP contribution in [0.3, 0.4) is 0 Å². The summed E-state index contributed by atoms with van der Waals surface area (Å²) in [6, 6.07) is 1.76. The molecule has 0 saturated carbocycles. The van der Waals surface area contributed by atoms with Gasteiger partial charge in [-0.3, -0.25) is 10.1 Å². The van der Waals surface area contributed by atoms with Gasteiger partial charge in [-0.15, -0.1) is 0 Å². The predicted octanol–water partition coefficient (Wildman–Crippen LogP) is 2.08. The standard InChI is InChI=1S/C9H9F3N2O3/c1-17-6-2-5(4-13)8(9(10,11)12)7(3-6)14(15)16/h2-3H,4,13H2,1H3. The van der Waals surface area contributed by atoms with Crippen LogP contribution in [0.2, 0.25) is 0 Å². The molecule has 0 atom stereocenters. The normalized spacial score (nSPS) is 11.4. The number of nitro benzene ring substituents is 1. The molecule has 0 radical (unpaired) electrons. The van der Waals surface area contributed by atoms with Gasteiger partial charge < -0.3 is 10.5 Å². The third-order valence-corrected chi connectivity index (χ3v) is 2.11. The van der Waals surface area contributed by atoms with Gasteiger partial charge in [0, 0.05) is 6.54 Å². The van der Waals surface area contributed by atoms with Gasteiger partial charge in [-0.25, -0.2) is 0 Å². The Bertz CT molecular complexity index is 446. The molecule has 0 heterocycles. The fraction of sp³-hybridized carbons (Fsp3) is 0.333. The van der Waals surface area contributed by atoms with E-state index in [-0.39, 0.29) is 11.3 Å². The molecule has 0 amide bonds. The Morgan fingerprint density at radius 1 is 1.47 bits per heavy atom. The minimum absolute atomic E-state index is 0.0369. The van der Waals surface area contributed by atoms with Gasteiger partial charge in [0.1, 0.15) is 11.3 Å². The highest BCUT2D eigenvalue weighted by molar-refractivity contribution is 5.52. The average molecular weight is 250 g/mol. The number of rotatable bonds is 3. The summed E-state index contributed by atoms with van der Waals surface area (Å²) in [5, 5.41) is 10.6. The third kappa shape index (κ3) is 2.64. The van der Waals surface area contributed by atoms with Crippen LogP contribution >= 0.6 is 0 Å². The molecule has 0 fully saturated rings. The SMILES string of the molecule is COc1cc(CN)c(C(F)(F)F)c([N+](=O)[O-])c1. The number of benzene rings is 1. The number of nitrogens with two attached hydrogens (primary N) is 1. The van der Waals surface area contributed by atoms with Crippen LogP contribution in [-0.4, -0.2) is 12.0 Å². The van der Waals surface area contributed by atoms with Gasteiger partial charge in [-0.1, -0.05) is 0 Å². The van der Waals surface area contributed by atoms with Crippen molar-refractivity contribution in [2.45, 2.75) is 12.7 Å². The number of ether oxygens (including phenoxy) is 1. The van der Waals surface area contributed by atoms with E-state index in [1.807, 2.05) is 0 Å². The first-order chi connectivity index (χ1) is 7.81. The van der Waals surface area contributed by atoms with Gasteiger partial charge in [-0.05, 0) is 11.6 Å². The predicted molar refractivity (Wildman–Crippen MR) is 52.5 cm³/mol. The molecule has 1 aromatic carbocycles. The van der Waals surface area contributed by atoms with E-state index in [4.69, 9.17) is 5.73 Å². The summed E-state index contributed by atoms with van der Waals surface area (Å²) >= 11 is 0. The van der Waals surface area contributed by atoms with E-state index in [1.54, 1.807) is 0 Å². The monoisotopic (exact) mass is 250 g/mol. The van der Waals surface area contributed by atoms with E-state index in [9.17, 15) is 23.3 Å². The van der Waals surface area contributed by atoms with Crippen molar-refractivity contribution in [1.82, 2.24) is 0 Å². The number of nitro groups is 1. The number of nitrogens with zero attached hydrogens (tertiary/aromatic N) is 1. The van der Waals surface area contributed by atoms with E-state index >= 15 is 0 Å². The molecule has 17 heavy (non-hydrogen) atoms. The number of hydrogen-bond acceptors (Lipinski definition) is 4. The maximum absolute atomic E-state index is 12.7. The summed E-state index contributed by atoms with van der Waals surface area (Å²) in [5.74, 6) is -0.0369. The van der Waals surface area contributed by atoms with Crippen molar-refractivity contribution in [2.75, 3.05) is 7.11 Å². The smallest absolute Gasteiger partial charge is 0.423 e. The minimum atomic E-state index is -4.83. The highest BCUT2D eigenvalue weighted by Gasteiger charge is 2.41. The second-order valence-electron chi connectivity index (χ2n) is 3.14. The van der Waals surface area contributed by atoms with Crippen molar-refractivity contribution in [2.24, 2.45) is 5.73 Å². The van der Waals surface area contributed by atoms with Gasteiger partial charge in [0.2, 0.25) is 0 Å². The summed E-state index contributed by atoms with van der Waals surface area (Å²) in [6.45, 7) is -0.465. The first-order valence-corrected chi connectivity index (χ1v) is 4.43. The fourth-order valence-corrected chi connectivity index (χ4v) is 1.41. The average Bonchev–Trinajstić information content (AvgIpc) is 2.25. The zero-order chi connectivity index (χ0) is 13.2. The molecule has 0 spiro atoms. The minimum Gasteiger partial charge on any atom is -0.496 e. The fourth-order valence-electron chi connectivity index (χ4n) is 1.41. The summed E-state index contributed by atoms with van der Waals surface area (Å²) in [7, 11) is 1.20. The molecule has 0 aliphatic rings. The topological polar surface area (TPSA) is 78.4 Å². The van der Waals surface area contributed by atoms with Crippen LogP contribution in [0.15, 0.2) is 12.1 Å². The molecular formula is C9H9F3N2O3. The Balaban J connectivity index is 3.58. The van der Waals surface area contributed by atoms with E-state index < -0.39 is 28.9 Å². The van der Waals surface area contributed by atoms with Gasteiger partial charge in [0.15, 0.2) is 0 Å². The summed E-state index contributed by atoms with van der Waals surface area (Å²) in [6.07, 6.45) is -4.83.